The SMILES string of the molecule is CC(OC(=O)NCC(O)C(F)(F)C(F)(F)C(F)(F)C(F)(F)F)C(=O)N[C@@H]1C(=O)N(C)c2ccccc2-c2ccccc21. The van der Waals surface area contributed by atoms with Gasteiger partial charge in [0.05, 0.1) is 12.2 Å². The Kier molecular flexibility index (Phi) is 8.77. The zero-order valence-corrected chi connectivity index (χ0v) is 21.5. The number of hydrogen-bond donors (Lipinski definition) is 3. The van der Waals surface area contributed by atoms with E-state index in [1.165, 1.54) is 17.3 Å². The summed E-state index contributed by atoms with van der Waals surface area (Å²) in [6.45, 7) is -1.01. The lowest BCUT2D eigenvalue weighted by Gasteiger charge is -2.35. The summed E-state index contributed by atoms with van der Waals surface area (Å²) in [7, 11) is 1.45. The lowest BCUT2D eigenvalue weighted by molar-refractivity contribution is -0.405. The topological polar surface area (TPSA) is 108 Å². The minimum absolute atomic E-state index is 0.367. The maximum absolute atomic E-state index is 13.8. The first kappa shape index (κ1) is 32.5. The minimum Gasteiger partial charge on any atom is -0.436 e. The summed E-state index contributed by atoms with van der Waals surface area (Å²) in [5, 5.41) is 12.9. The van der Waals surface area contributed by atoms with E-state index in [-0.39, 0.29) is 0 Å². The molecule has 0 spiro atoms. The number of amides is 3. The second-order valence-corrected chi connectivity index (χ2v) is 9.16. The van der Waals surface area contributed by atoms with E-state index in [0.29, 0.717) is 22.4 Å². The van der Waals surface area contributed by atoms with E-state index < -0.39 is 66.6 Å². The van der Waals surface area contributed by atoms with Gasteiger partial charge in [0.2, 0.25) is 0 Å². The first-order valence-corrected chi connectivity index (χ1v) is 11.8. The van der Waals surface area contributed by atoms with Crippen molar-refractivity contribution in [2.24, 2.45) is 0 Å². The number of nitrogens with zero attached hydrogens (tertiary/aromatic N) is 1. The number of carbonyl (C=O) groups is 3. The van der Waals surface area contributed by atoms with Gasteiger partial charge in [0.15, 0.2) is 6.10 Å². The number of alkyl halides is 9. The van der Waals surface area contributed by atoms with Crippen LogP contribution in [0.25, 0.3) is 11.1 Å². The molecule has 3 amide bonds. The second kappa shape index (κ2) is 11.3. The van der Waals surface area contributed by atoms with Crippen LogP contribution >= 0.6 is 0 Å². The fraction of sp³-hybridized carbons (Fsp3) is 0.400. The number of ether oxygens (including phenoxy) is 1. The maximum Gasteiger partial charge on any atom is 0.460 e. The van der Waals surface area contributed by atoms with Crippen LogP contribution in [0.1, 0.15) is 18.5 Å². The number of benzene rings is 2. The van der Waals surface area contributed by atoms with Crippen LogP contribution in [0.15, 0.2) is 48.5 Å². The Morgan fingerprint density at radius 2 is 1.48 bits per heavy atom. The molecule has 230 valence electrons. The van der Waals surface area contributed by atoms with Crippen molar-refractivity contribution in [3.8, 4) is 11.1 Å². The molecule has 3 atom stereocenters. The van der Waals surface area contributed by atoms with E-state index in [9.17, 15) is 59.0 Å². The number of anilines is 1. The molecule has 3 N–H and O–H groups in total. The van der Waals surface area contributed by atoms with E-state index in [1.54, 1.807) is 48.5 Å². The molecule has 17 heteroatoms. The lowest BCUT2D eigenvalue weighted by atomic mass is 9.95. The molecule has 0 aromatic heterocycles. The van der Waals surface area contributed by atoms with Gasteiger partial charge in [0.25, 0.3) is 11.8 Å². The predicted octanol–water partition coefficient (Wildman–Crippen LogP) is 4.43. The van der Waals surface area contributed by atoms with E-state index in [1.807, 2.05) is 0 Å². The summed E-state index contributed by atoms with van der Waals surface area (Å²) in [5.41, 5.74) is 2.14. The largest absolute Gasteiger partial charge is 0.460 e. The molecule has 2 aromatic carbocycles. The number of aliphatic hydroxyl groups excluding tert-OH is 1. The molecule has 0 saturated carbocycles. The summed E-state index contributed by atoms with van der Waals surface area (Å²) in [6, 6.07) is 12.1. The molecule has 42 heavy (non-hydrogen) atoms. The number of para-hydroxylation sites is 1. The van der Waals surface area contributed by atoms with Gasteiger partial charge in [-0.3, -0.25) is 9.59 Å². The van der Waals surface area contributed by atoms with Gasteiger partial charge in [-0.25, -0.2) is 4.79 Å². The Morgan fingerprint density at radius 3 is 2.07 bits per heavy atom. The lowest BCUT2D eigenvalue weighted by Crippen LogP contribution is -2.65. The van der Waals surface area contributed by atoms with Gasteiger partial charge in [-0.1, -0.05) is 42.5 Å². The van der Waals surface area contributed by atoms with E-state index in [0.717, 1.165) is 6.92 Å². The van der Waals surface area contributed by atoms with Gasteiger partial charge in [-0.05, 0) is 24.1 Å². The molecule has 1 heterocycles. The normalized spacial score (nSPS) is 17.4. The average Bonchev–Trinajstić information content (AvgIpc) is 3.00. The Bertz CT molecular complexity index is 1350. The highest BCUT2D eigenvalue weighted by molar-refractivity contribution is 6.06. The van der Waals surface area contributed by atoms with E-state index in [2.05, 4.69) is 10.1 Å². The van der Waals surface area contributed by atoms with Crippen LogP contribution in [-0.4, -0.2) is 72.8 Å². The van der Waals surface area contributed by atoms with Crippen LogP contribution in [0.5, 0.6) is 0 Å². The van der Waals surface area contributed by atoms with Gasteiger partial charge < -0.3 is 25.4 Å². The molecule has 3 rings (SSSR count). The van der Waals surface area contributed by atoms with Crippen LogP contribution in [0.3, 0.4) is 0 Å². The third-order valence-electron chi connectivity index (χ3n) is 6.37. The first-order chi connectivity index (χ1) is 19.3. The van der Waals surface area contributed by atoms with Crippen molar-refractivity contribution in [2.75, 3.05) is 18.5 Å². The van der Waals surface area contributed by atoms with E-state index in [4.69, 9.17) is 0 Å². The van der Waals surface area contributed by atoms with Crippen LogP contribution in [0.4, 0.5) is 50.0 Å². The number of rotatable bonds is 8. The van der Waals surface area contributed by atoms with Crippen LogP contribution in [0.2, 0.25) is 0 Å². The van der Waals surface area contributed by atoms with Crippen molar-refractivity contribution >= 4 is 23.6 Å². The number of carbonyl (C=O) groups excluding carboxylic acids is 3. The van der Waals surface area contributed by atoms with Crippen LogP contribution in [-0.2, 0) is 14.3 Å². The van der Waals surface area contributed by atoms with Crippen molar-refractivity contribution in [1.82, 2.24) is 10.6 Å². The molecule has 0 radical (unpaired) electrons. The molecule has 8 nitrogen and oxygen atoms in total. The zero-order chi connectivity index (χ0) is 31.8. The number of alkyl carbamates (subject to hydrolysis) is 1. The third-order valence-corrected chi connectivity index (χ3v) is 6.37. The van der Waals surface area contributed by atoms with Crippen LogP contribution in [0, 0.1) is 0 Å². The van der Waals surface area contributed by atoms with E-state index >= 15 is 0 Å². The quantitative estimate of drug-likeness (QED) is 0.381. The molecule has 0 fully saturated rings. The monoisotopic (exact) mass is 615 g/mol. The molecular formula is C25H22F9N3O5. The minimum atomic E-state index is -7.24. The number of aliphatic hydroxyl groups is 1. The summed E-state index contributed by atoms with van der Waals surface area (Å²) in [6.07, 6.45) is -14.6. The summed E-state index contributed by atoms with van der Waals surface area (Å²) in [4.78, 5) is 39.2. The first-order valence-electron chi connectivity index (χ1n) is 11.8. The van der Waals surface area contributed by atoms with Gasteiger partial charge in [0.1, 0.15) is 12.1 Å². The molecule has 0 aliphatic carbocycles. The Labute approximate surface area is 231 Å². The fourth-order valence-corrected chi connectivity index (χ4v) is 3.99. The molecule has 1 aliphatic rings. The van der Waals surface area contributed by atoms with Gasteiger partial charge in [-0.15, -0.1) is 0 Å². The number of hydrogen-bond acceptors (Lipinski definition) is 5. The second-order valence-electron chi connectivity index (χ2n) is 9.16. The Balaban J connectivity index is 1.68. The standard InChI is InChI=1S/C25H22F9N3O5/c1-12(42-21(41)35-11-17(38)22(26,27)23(28,29)24(30,31)25(32,33)34)19(39)36-18-15-9-4-3-7-13(15)14-8-5-6-10-16(14)37(2)20(18)40/h3-10,12,17-18,38H,11H2,1-2H3,(H,35,41)(H,36,39)/t12?,17?,18-/m0/s1. The number of halogens is 9. The van der Waals surface area contributed by atoms with Gasteiger partial charge >= 0.3 is 30.0 Å². The summed E-state index contributed by atoms with van der Waals surface area (Å²) < 4.78 is 122. The average molecular weight is 615 g/mol. The molecule has 2 aromatic rings. The van der Waals surface area contributed by atoms with Gasteiger partial charge in [-0.2, -0.15) is 39.5 Å². The summed E-state index contributed by atoms with van der Waals surface area (Å²) in [5.74, 6) is -22.4. The summed E-state index contributed by atoms with van der Waals surface area (Å²) >= 11 is 0. The van der Waals surface area contributed by atoms with Crippen molar-refractivity contribution < 1.29 is 63.7 Å². The molecule has 1 aliphatic heterocycles. The third kappa shape index (κ3) is 5.69. The number of nitrogens with one attached hydrogen (secondary N) is 2. The van der Waals surface area contributed by atoms with Crippen molar-refractivity contribution in [2.45, 2.75) is 49.1 Å². The molecule has 2 unspecified atom stereocenters. The maximum atomic E-state index is 13.8. The van der Waals surface area contributed by atoms with Crippen molar-refractivity contribution in [1.29, 1.82) is 0 Å². The predicted molar refractivity (Wildman–Crippen MR) is 127 cm³/mol. The van der Waals surface area contributed by atoms with Gasteiger partial charge in [0, 0.05) is 12.6 Å². The Morgan fingerprint density at radius 1 is 0.929 bits per heavy atom. The number of fused-ring (bicyclic) bond motifs is 3. The zero-order valence-electron chi connectivity index (χ0n) is 21.5. The molecule has 0 saturated heterocycles. The highest BCUT2D eigenvalue weighted by Crippen LogP contribution is 2.54. The number of likely N-dealkylation sites (N-methyl/N-ethyl adjacent to an activating group) is 1. The molecule has 0 bridgehead atoms. The highest BCUT2D eigenvalue weighted by atomic mass is 19.4. The smallest absolute Gasteiger partial charge is 0.436 e. The van der Waals surface area contributed by atoms with Crippen LogP contribution < -0.4 is 15.5 Å². The highest BCUT2D eigenvalue weighted by Gasteiger charge is 2.83. The van der Waals surface area contributed by atoms with Crippen molar-refractivity contribution in [3.63, 3.8) is 0 Å². The Hall–Kier alpha value is -4.02. The molecular weight excluding hydrogens is 593 g/mol. The van der Waals surface area contributed by atoms with Crippen molar-refractivity contribution in [3.05, 3.63) is 54.1 Å². The fourth-order valence-electron chi connectivity index (χ4n) is 3.99.